The molecule has 1 fully saturated rings. The molecule has 1 aromatic carbocycles. The molecule has 0 radical (unpaired) electrons. The molecular formula is C22H30N4O2. The minimum atomic E-state index is -0.0998. The Balaban J connectivity index is 1.70. The normalized spacial score (nSPS) is 16.4. The first-order valence-corrected chi connectivity index (χ1v) is 9.90. The molecular weight excluding hydrogens is 352 g/mol. The maximum absolute atomic E-state index is 12.8. The first-order chi connectivity index (χ1) is 13.6. The lowest BCUT2D eigenvalue weighted by atomic mass is 10.0. The molecule has 150 valence electrons. The van der Waals surface area contributed by atoms with Crippen LogP contribution < -0.4 is 10.1 Å². The molecule has 1 N–H and O–H groups in total. The van der Waals surface area contributed by atoms with Crippen LogP contribution >= 0.6 is 0 Å². The summed E-state index contributed by atoms with van der Waals surface area (Å²) >= 11 is 0. The van der Waals surface area contributed by atoms with E-state index in [0.717, 1.165) is 30.1 Å². The topological polar surface area (TPSA) is 57.7 Å². The van der Waals surface area contributed by atoms with Crippen molar-refractivity contribution in [3.63, 3.8) is 0 Å². The number of hydrogen-bond donors (Lipinski definition) is 1. The van der Waals surface area contributed by atoms with E-state index in [4.69, 9.17) is 4.74 Å². The molecule has 2 amide bonds. The van der Waals surface area contributed by atoms with Crippen LogP contribution in [0.4, 0.5) is 4.79 Å². The molecule has 1 aliphatic heterocycles. The standard InChI is InChI=1S/C22H30N4O2/c1-17(19-11-6-7-13-23-19)25(2)22(27)24-16-20(26-14-8-9-15-26)18-10-4-5-12-21(18)28-3/h4-7,10-13,17,20H,8-9,14-16H2,1-3H3,(H,24,27). The van der Waals surface area contributed by atoms with Gasteiger partial charge in [0.05, 0.1) is 24.9 Å². The van der Waals surface area contributed by atoms with Crippen LogP contribution in [0.15, 0.2) is 48.7 Å². The van der Waals surface area contributed by atoms with Gasteiger partial charge in [-0.15, -0.1) is 0 Å². The SMILES string of the molecule is COc1ccccc1C(CNC(=O)N(C)C(C)c1ccccn1)N1CCCC1. The van der Waals surface area contributed by atoms with Crippen molar-refractivity contribution >= 4 is 6.03 Å². The summed E-state index contributed by atoms with van der Waals surface area (Å²) in [6.45, 7) is 4.61. The van der Waals surface area contributed by atoms with Crippen molar-refractivity contribution in [1.29, 1.82) is 0 Å². The van der Waals surface area contributed by atoms with Crippen LogP contribution in [-0.4, -0.2) is 54.6 Å². The highest BCUT2D eigenvalue weighted by molar-refractivity contribution is 5.74. The monoisotopic (exact) mass is 382 g/mol. The van der Waals surface area contributed by atoms with Gasteiger partial charge in [0.1, 0.15) is 5.75 Å². The number of pyridine rings is 1. The Kier molecular flexibility index (Phi) is 6.87. The minimum Gasteiger partial charge on any atom is -0.496 e. The quantitative estimate of drug-likeness (QED) is 0.794. The third kappa shape index (κ3) is 4.62. The lowest BCUT2D eigenvalue weighted by Gasteiger charge is -2.31. The Morgan fingerprint density at radius 1 is 1.21 bits per heavy atom. The van der Waals surface area contributed by atoms with Gasteiger partial charge in [-0.05, 0) is 51.1 Å². The molecule has 0 saturated carbocycles. The van der Waals surface area contributed by atoms with Crippen molar-refractivity contribution in [2.24, 2.45) is 0 Å². The average molecular weight is 383 g/mol. The second-order valence-corrected chi connectivity index (χ2v) is 7.23. The van der Waals surface area contributed by atoms with Gasteiger partial charge < -0.3 is 15.0 Å². The molecule has 2 atom stereocenters. The Morgan fingerprint density at radius 3 is 2.61 bits per heavy atom. The Hall–Kier alpha value is -2.60. The van der Waals surface area contributed by atoms with Crippen molar-refractivity contribution in [2.45, 2.75) is 31.8 Å². The largest absolute Gasteiger partial charge is 0.496 e. The highest BCUT2D eigenvalue weighted by Gasteiger charge is 2.27. The van der Waals surface area contributed by atoms with Crippen molar-refractivity contribution in [3.8, 4) is 5.75 Å². The molecule has 2 unspecified atom stereocenters. The van der Waals surface area contributed by atoms with E-state index in [1.807, 2.05) is 50.4 Å². The van der Waals surface area contributed by atoms with E-state index in [1.165, 1.54) is 12.8 Å². The lowest BCUT2D eigenvalue weighted by molar-refractivity contribution is 0.183. The Morgan fingerprint density at radius 2 is 1.93 bits per heavy atom. The van der Waals surface area contributed by atoms with Crippen LogP contribution in [0.1, 0.15) is 43.1 Å². The van der Waals surface area contributed by atoms with E-state index in [1.54, 1.807) is 18.2 Å². The molecule has 6 heteroatoms. The van der Waals surface area contributed by atoms with Crippen molar-refractivity contribution in [2.75, 3.05) is 33.8 Å². The highest BCUT2D eigenvalue weighted by atomic mass is 16.5. The van der Waals surface area contributed by atoms with Crippen LogP contribution in [-0.2, 0) is 0 Å². The summed E-state index contributed by atoms with van der Waals surface area (Å²) in [5, 5.41) is 3.12. The van der Waals surface area contributed by atoms with Gasteiger partial charge in [0.2, 0.25) is 0 Å². The zero-order valence-corrected chi connectivity index (χ0v) is 17.0. The summed E-state index contributed by atoms with van der Waals surface area (Å²) < 4.78 is 5.58. The first-order valence-electron chi connectivity index (χ1n) is 9.90. The summed E-state index contributed by atoms with van der Waals surface area (Å²) in [4.78, 5) is 21.3. The van der Waals surface area contributed by atoms with E-state index in [0.29, 0.717) is 6.54 Å². The number of methoxy groups -OCH3 is 1. The molecule has 3 rings (SSSR count). The van der Waals surface area contributed by atoms with E-state index >= 15 is 0 Å². The maximum Gasteiger partial charge on any atom is 0.317 e. The Bertz CT molecular complexity index is 762. The highest BCUT2D eigenvalue weighted by Crippen LogP contribution is 2.31. The Labute approximate surface area is 167 Å². The maximum atomic E-state index is 12.8. The van der Waals surface area contributed by atoms with Crippen molar-refractivity contribution in [3.05, 3.63) is 59.9 Å². The number of nitrogens with one attached hydrogen (secondary N) is 1. The number of rotatable bonds is 7. The number of carbonyl (C=O) groups excluding carboxylic acids is 1. The number of aromatic nitrogens is 1. The number of nitrogens with zero attached hydrogens (tertiary/aromatic N) is 3. The summed E-state index contributed by atoms with van der Waals surface area (Å²) in [5.74, 6) is 0.865. The summed E-state index contributed by atoms with van der Waals surface area (Å²) in [5.41, 5.74) is 1.99. The molecule has 6 nitrogen and oxygen atoms in total. The molecule has 2 heterocycles. The van der Waals surface area contributed by atoms with Gasteiger partial charge in [-0.1, -0.05) is 24.3 Å². The fourth-order valence-corrected chi connectivity index (χ4v) is 3.74. The average Bonchev–Trinajstić information content (AvgIpc) is 3.28. The number of para-hydroxylation sites is 1. The van der Waals surface area contributed by atoms with Crippen molar-refractivity contribution < 1.29 is 9.53 Å². The number of urea groups is 1. The zero-order valence-electron chi connectivity index (χ0n) is 17.0. The summed E-state index contributed by atoms with van der Waals surface area (Å²) in [7, 11) is 3.50. The molecule has 0 bridgehead atoms. The van der Waals surface area contributed by atoms with Gasteiger partial charge >= 0.3 is 6.03 Å². The minimum absolute atomic E-state index is 0.0983. The number of likely N-dealkylation sites (tertiary alicyclic amines) is 1. The smallest absolute Gasteiger partial charge is 0.317 e. The first kappa shape index (κ1) is 20.1. The van der Waals surface area contributed by atoms with Crippen LogP contribution in [0.5, 0.6) is 5.75 Å². The molecule has 1 saturated heterocycles. The molecule has 2 aromatic rings. The van der Waals surface area contributed by atoms with Gasteiger partial charge in [-0.25, -0.2) is 4.79 Å². The van der Waals surface area contributed by atoms with Gasteiger partial charge in [0.25, 0.3) is 0 Å². The van der Waals surface area contributed by atoms with Crippen LogP contribution in [0.2, 0.25) is 0 Å². The number of hydrogen-bond acceptors (Lipinski definition) is 4. The third-order valence-corrected chi connectivity index (χ3v) is 5.54. The van der Waals surface area contributed by atoms with Gasteiger partial charge in [-0.2, -0.15) is 0 Å². The second-order valence-electron chi connectivity index (χ2n) is 7.23. The van der Waals surface area contributed by atoms with E-state index in [2.05, 4.69) is 21.3 Å². The molecule has 0 spiro atoms. The van der Waals surface area contributed by atoms with Gasteiger partial charge in [-0.3, -0.25) is 9.88 Å². The van der Waals surface area contributed by atoms with E-state index in [-0.39, 0.29) is 18.1 Å². The fourth-order valence-electron chi connectivity index (χ4n) is 3.74. The molecule has 0 aliphatic carbocycles. The number of ether oxygens (including phenoxy) is 1. The molecule has 1 aromatic heterocycles. The third-order valence-electron chi connectivity index (χ3n) is 5.54. The molecule has 1 aliphatic rings. The van der Waals surface area contributed by atoms with Crippen molar-refractivity contribution in [1.82, 2.24) is 20.1 Å². The van der Waals surface area contributed by atoms with E-state index in [9.17, 15) is 4.79 Å². The second kappa shape index (κ2) is 9.55. The summed E-state index contributed by atoms with van der Waals surface area (Å²) in [6, 6.07) is 13.7. The van der Waals surface area contributed by atoms with Gasteiger partial charge in [0, 0.05) is 25.4 Å². The number of amides is 2. The number of carbonyl (C=O) groups is 1. The fraction of sp³-hybridized carbons (Fsp3) is 0.455. The van der Waals surface area contributed by atoms with Crippen LogP contribution in [0, 0.1) is 0 Å². The summed E-state index contributed by atoms with van der Waals surface area (Å²) in [6.07, 6.45) is 4.13. The number of benzene rings is 1. The molecule has 28 heavy (non-hydrogen) atoms. The van der Waals surface area contributed by atoms with Gasteiger partial charge in [0.15, 0.2) is 0 Å². The predicted octanol–water partition coefficient (Wildman–Crippen LogP) is 3.63. The van der Waals surface area contributed by atoms with Crippen LogP contribution in [0.3, 0.4) is 0 Å². The van der Waals surface area contributed by atoms with E-state index < -0.39 is 0 Å². The lowest BCUT2D eigenvalue weighted by Crippen LogP contribution is -2.43. The predicted molar refractivity (Wildman–Crippen MR) is 110 cm³/mol. The van der Waals surface area contributed by atoms with Crippen LogP contribution in [0.25, 0.3) is 0 Å². The zero-order chi connectivity index (χ0) is 19.9.